The minimum absolute atomic E-state index is 0.455. The molecular formula is C18H18N6. The van der Waals surface area contributed by atoms with Crippen molar-refractivity contribution in [2.75, 3.05) is 11.1 Å². The highest BCUT2D eigenvalue weighted by molar-refractivity contribution is 6.04. The second kappa shape index (κ2) is 5.81. The Bertz CT molecular complexity index is 967. The Morgan fingerprint density at radius 1 is 1.21 bits per heavy atom. The zero-order chi connectivity index (χ0) is 16.5. The number of para-hydroxylation sites is 1. The highest BCUT2D eigenvalue weighted by atomic mass is 15.2. The summed E-state index contributed by atoms with van der Waals surface area (Å²) >= 11 is 0. The number of fused-ring (bicyclic) bond motifs is 1. The Hall–Kier alpha value is -3.15. The van der Waals surface area contributed by atoms with Crippen molar-refractivity contribution in [3.8, 4) is 0 Å². The largest absolute Gasteiger partial charge is 0.382 e. The van der Waals surface area contributed by atoms with Crippen LogP contribution in [0.2, 0.25) is 0 Å². The second-order valence-corrected chi connectivity index (χ2v) is 5.80. The van der Waals surface area contributed by atoms with Crippen LogP contribution in [-0.2, 0) is 0 Å². The number of anilines is 3. The standard InChI is InChI=1S/C18H18N6/c1-11-6-2-3-7-13(11)22-18-16-15(17(19)24-23-16)12(10-21-18)14-8-4-5-9-20-14/h2-3,6-10H,4-5H2,1H3,(H,21,22)(H3,19,23,24). The Morgan fingerprint density at radius 3 is 2.88 bits per heavy atom. The number of nitrogens with two attached hydrogens (primary N) is 1. The Kier molecular flexibility index (Phi) is 3.49. The van der Waals surface area contributed by atoms with Gasteiger partial charge in [0.25, 0.3) is 0 Å². The van der Waals surface area contributed by atoms with Crippen molar-refractivity contribution in [3.05, 3.63) is 47.7 Å². The van der Waals surface area contributed by atoms with Crippen LogP contribution in [0.15, 0.2) is 41.5 Å². The molecule has 4 N–H and O–H groups in total. The van der Waals surface area contributed by atoms with Gasteiger partial charge in [0.1, 0.15) is 5.52 Å². The van der Waals surface area contributed by atoms with Crippen LogP contribution in [0.25, 0.3) is 16.6 Å². The first-order chi connectivity index (χ1) is 11.7. The molecule has 2 aromatic heterocycles. The second-order valence-electron chi connectivity index (χ2n) is 5.80. The minimum atomic E-state index is 0.455. The number of H-pyrrole nitrogens is 1. The van der Waals surface area contributed by atoms with Gasteiger partial charge in [0.05, 0.1) is 11.1 Å². The summed E-state index contributed by atoms with van der Waals surface area (Å²) < 4.78 is 0. The van der Waals surface area contributed by atoms with Gasteiger partial charge in [0.2, 0.25) is 0 Å². The Morgan fingerprint density at radius 2 is 2.08 bits per heavy atom. The molecule has 3 heterocycles. The molecule has 4 rings (SSSR count). The number of hydrogen-bond acceptors (Lipinski definition) is 5. The first kappa shape index (κ1) is 14.4. The number of pyridine rings is 1. The van der Waals surface area contributed by atoms with E-state index < -0.39 is 0 Å². The van der Waals surface area contributed by atoms with Crippen molar-refractivity contribution in [3.63, 3.8) is 0 Å². The van der Waals surface area contributed by atoms with Crippen LogP contribution in [-0.4, -0.2) is 21.4 Å². The SMILES string of the molecule is Cc1ccccc1Nc1ncc(C2=CCCC=N2)c2c(N)n[nH]c12. The minimum Gasteiger partial charge on any atom is -0.382 e. The van der Waals surface area contributed by atoms with Crippen LogP contribution < -0.4 is 11.1 Å². The lowest BCUT2D eigenvalue weighted by Crippen LogP contribution is -1.99. The number of hydrogen-bond donors (Lipinski definition) is 3. The van der Waals surface area contributed by atoms with Crippen LogP contribution >= 0.6 is 0 Å². The van der Waals surface area contributed by atoms with Gasteiger partial charge in [0.15, 0.2) is 11.6 Å². The molecule has 120 valence electrons. The third kappa shape index (κ3) is 2.42. The number of aromatic amines is 1. The smallest absolute Gasteiger partial charge is 0.156 e. The lowest BCUT2D eigenvalue weighted by Gasteiger charge is -2.12. The maximum atomic E-state index is 6.10. The van der Waals surface area contributed by atoms with Crippen molar-refractivity contribution in [2.24, 2.45) is 4.99 Å². The molecule has 0 amide bonds. The summed E-state index contributed by atoms with van der Waals surface area (Å²) in [7, 11) is 0. The van der Waals surface area contributed by atoms with Gasteiger partial charge < -0.3 is 11.1 Å². The maximum Gasteiger partial charge on any atom is 0.156 e. The van der Waals surface area contributed by atoms with Crippen LogP contribution in [0.5, 0.6) is 0 Å². The van der Waals surface area contributed by atoms with E-state index in [1.807, 2.05) is 30.6 Å². The van der Waals surface area contributed by atoms with Crippen LogP contribution in [0.4, 0.5) is 17.3 Å². The number of benzene rings is 1. The van der Waals surface area contributed by atoms with Gasteiger partial charge in [-0.3, -0.25) is 10.1 Å². The number of nitrogens with zero attached hydrogens (tertiary/aromatic N) is 3. The summed E-state index contributed by atoms with van der Waals surface area (Å²) in [6.45, 7) is 2.05. The van der Waals surface area contributed by atoms with Crippen LogP contribution in [0.1, 0.15) is 24.0 Å². The molecule has 6 heteroatoms. The molecule has 0 aliphatic carbocycles. The summed E-state index contributed by atoms with van der Waals surface area (Å²) in [5.41, 5.74) is 10.8. The monoisotopic (exact) mass is 318 g/mol. The summed E-state index contributed by atoms with van der Waals surface area (Å²) in [4.78, 5) is 9.06. The van der Waals surface area contributed by atoms with Gasteiger partial charge in [0, 0.05) is 23.7 Å². The summed E-state index contributed by atoms with van der Waals surface area (Å²) in [5, 5.41) is 11.4. The first-order valence-electron chi connectivity index (χ1n) is 7.92. The third-order valence-corrected chi connectivity index (χ3v) is 4.16. The number of aliphatic imine (C=N–C) groups is 1. The average Bonchev–Trinajstić information content (AvgIpc) is 3.00. The average molecular weight is 318 g/mol. The third-order valence-electron chi connectivity index (χ3n) is 4.16. The number of aromatic nitrogens is 3. The van der Waals surface area contributed by atoms with Crippen molar-refractivity contribution >= 4 is 40.1 Å². The fourth-order valence-corrected chi connectivity index (χ4v) is 2.88. The van der Waals surface area contributed by atoms with E-state index >= 15 is 0 Å². The molecular weight excluding hydrogens is 300 g/mol. The number of nitrogen functional groups attached to an aromatic ring is 1. The molecule has 0 saturated carbocycles. The molecule has 1 aliphatic rings. The fraction of sp³-hybridized carbons (Fsp3) is 0.167. The molecule has 0 spiro atoms. The van der Waals surface area contributed by atoms with E-state index in [1.165, 1.54) is 0 Å². The number of rotatable bonds is 3. The molecule has 0 fully saturated rings. The van der Waals surface area contributed by atoms with Crippen LogP contribution in [0, 0.1) is 6.92 Å². The first-order valence-corrected chi connectivity index (χ1v) is 7.92. The van der Waals surface area contributed by atoms with Gasteiger partial charge >= 0.3 is 0 Å². The van der Waals surface area contributed by atoms with E-state index in [1.54, 1.807) is 0 Å². The fourth-order valence-electron chi connectivity index (χ4n) is 2.88. The van der Waals surface area contributed by atoms with E-state index in [9.17, 15) is 0 Å². The summed E-state index contributed by atoms with van der Waals surface area (Å²) in [5.74, 6) is 1.16. The molecule has 1 aliphatic heterocycles. The van der Waals surface area contributed by atoms with Gasteiger partial charge in [-0.2, -0.15) is 5.10 Å². The molecule has 0 unspecified atom stereocenters. The molecule has 24 heavy (non-hydrogen) atoms. The van der Waals surface area contributed by atoms with E-state index in [0.717, 1.165) is 46.3 Å². The van der Waals surface area contributed by atoms with Gasteiger partial charge in [-0.1, -0.05) is 24.3 Å². The summed E-state index contributed by atoms with van der Waals surface area (Å²) in [6.07, 6.45) is 7.78. The lowest BCUT2D eigenvalue weighted by molar-refractivity contribution is 1.09. The Balaban J connectivity index is 1.83. The van der Waals surface area contributed by atoms with Crippen molar-refractivity contribution < 1.29 is 0 Å². The van der Waals surface area contributed by atoms with Crippen molar-refractivity contribution in [2.45, 2.75) is 19.8 Å². The molecule has 0 bridgehead atoms. The maximum absolute atomic E-state index is 6.10. The van der Waals surface area contributed by atoms with E-state index in [-0.39, 0.29) is 0 Å². The normalized spacial score (nSPS) is 14.0. The van der Waals surface area contributed by atoms with E-state index in [2.05, 4.69) is 44.6 Å². The van der Waals surface area contributed by atoms with Crippen molar-refractivity contribution in [1.29, 1.82) is 0 Å². The number of aryl methyl sites for hydroxylation is 1. The number of allylic oxidation sites excluding steroid dienone is 1. The lowest BCUT2D eigenvalue weighted by atomic mass is 10.1. The topological polar surface area (TPSA) is 92.0 Å². The van der Waals surface area contributed by atoms with E-state index in [0.29, 0.717) is 11.6 Å². The van der Waals surface area contributed by atoms with Gasteiger partial charge in [-0.15, -0.1) is 0 Å². The predicted octanol–water partition coefficient (Wildman–Crippen LogP) is 3.80. The van der Waals surface area contributed by atoms with Gasteiger partial charge in [-0.05, 0) is 31.4 Å². The molecule has 0 radical (unpaired) electrons. The molecule has 3 aromatic rings. The quantitative estimate of drug-likeness (QED) is 0.685. The molecule has 6 nitrogen and oxygen atoms in total. The molecule has 0 saturated heterocycles. The zero-order valence-corrected chi connectivity index (χ0v) is 13.4. The zero-order valence-electron chi connectivity index (χ0n) is 13.4. The highest BCUT2D eigenvalue weighted by Crippen LogP contribution is 2.34. The summed E-state index contributed by atoms with van der Waals surface area (Å²) in [6, 6.07) is 8.07. The van der Waals surface area contributed by atoms with E-state index in [4.69, 9.17) is 5.73 Å². The highest BCUT2D eigenvalue weighted by Gasteiger charge is 2.17. The molecule has 1 aromatic carbocycles. The molecule has 0 atom stereocenters. The Labute approximate surface area is 139 Å². The van der Waals surface area contributed by atoms with Crippen LogP contribution in [0.3, 0.4) is 0 Å². The van der Waals surface area contributed by atoms with Gasteiger partial charge in [-0.25, -0.2) is 4.98 Å². The predicted molar refractivity (Wildman–Crippen MR) is 98.5 cm³/mol. The van der Waals surface area contributed by atoms with Crippen molar-refractivity contribution in [1.82, 2.24) is 15.2 Å². The number of nitrogens with one attached hydrogen (secondary N) is 2.